The average Bonchev–Trinajstić information content (AvgIpc) is 3.04. The van der Waals surface area contributed by atoms with Gasteiger partial charge in [0.25, 0.3) is 0 Å². The monoisotopic (exact) mass is 385 g/mol. The first-order chi connectivity index (χ1) is 13.5. The zero-order chi connectivity index (χ0) is 19.8. The van der Waals surface area contributed by atoms with Crippen molar-refractivity contribution in [3.05, 3.63) is 52.9 Å². The SMILES string of the molecule is N#Cc1nccc2c1CN(CC(=O)N[C@H]1COc3cc(F)cc(F)c31)C(=O)N2. The van der Waals surface area contributed by atoms with Gasteiger partial charge in [0.2, 0.25) is 5.91 Å². The molecule has 28 heavy (non-hydrogen) atoms. The number of pyridine rings is 1. The maximum atomic E-state index is 14.0. The van der Waals surface area contributed by atoms with Gasteiger partial charge in [-0.15, -0.1) is 0 Å². The summed E-state index contributed by atoms with van der Waals surface area (Å²) in [4.78, 5) is 29.8. The Morgan fingerprint density at radius 2 is 2.29 bits per heavy atom. The van der Waals surface area contributed by atoms with Crippen LogP contribution in [0.3, 0.4) is 0 Å². The third kappa shape index (κ3) is 3.07. The molecular weight excluding hydrogens is 372 g/mol. The number of hydrogen-bond donors (Lipinski definition) is 2. The number of nitrogens with one attached hydrogen (secondary N) is 2. The van der Waals surface area contributed by atoms with E-state index < -0.39 is 29.6 Å². The second kappa shape index (κ2) is 6.77. The number of fused-ring (bicyclic) bond motifs is 2. The zero-order valence-electron chi connectivity index (χ0n) is 14.3. The summed E-state index contributed by atoms with van der Waals surface area (Å²) in [6.45, 7) is -0.332. The quantitative estimate of drug-likeness (QED) is 0.838. The van der Waals surface area contributed by atoms with Crippen LogP contribution in [-0.4, -0.2) is 35.0 Å². The number of halogens is 2. The van der Waals surface area contributed by atoms with Crippen LogP contribution in [0.4, 0.5) is 19.3 Å². The van der Waals surface area contributed by atoms with Gasteiger partial charge in [-0.2, -0.15) is 5.26 Å². The highest BCUT2D eigenvalue weighted by Gasteiger charge is 2.32. The summed E-state index contributed by atoms with van der Waals surface area (Å²) >= 11 is 0. The fraction of sp³-hybridized carbons (Fsp3) is 0.222. The molecule has 10 heteroatoms. The first-order valence-corrected chi connectivity index (χ1v) is 8.31. The number of urea groups is 1. The fourth-order valence-corrected chi connectivity index (χ4v) is 3.25. The minimum atomic E-state index is -0.813. The highest BCUT2D eigenvalue weighted by atomic mass is 19.1. The van der Waals surface area contributed by atoms with E-state index in [-0.39, 0.29) is 36.7 Å². The van der Waals surface area contributed by atoms with Crippen molar-refractivity contribution >= 4 is 17.6 Å². The Bertz CT molecular complexity index is 1040. The zero-order valence-corrected chi connectivity index (χ0v) is 14.3. The molecule has 0 saturated carbocycles. The fourth-order valence-electron chi connectivity index (χ4n) is 3.25. The van der Waals surface area contributed by atoms with E-state index >= 15 is 0 Å². The topological polar surface area (TPSA) is 107 Å². The molecular formula is C18H13F2N5O3. The van der Waals surface area contributed by atoms with Gasteiger partial charge < -0.3 is 20.3 Å². The maximum Gasteiger partial charge on any atom is 0.322 e. The average molecular weight is 385 g/mol. The summed E-state index contributed by atoms with van der Waals surface area (Å²) < 4.78 is 32.5. The lowest BCUT2D eigenvalue weighted by molar-refractivity contribution is -0.122. The van der Waals surface area contributed by atoms with Crippen molar-refractivity contribution in [1.29, 1.82) is 5.26 Å². The van der Waals surface area contributed by atoms with Crippen molar-refractivity contribution < 1.29 is 23.1 Å². The van der Waals surface area contributed by atoms with Crippen molar-refractivity contribution in [1.82, 2.24) is 15.2 Å². The lowest BCUT2D eigenvalue weighted by Gasteiger charge is -2.29. The van der Waals surface area contributed by atoms with Crippen LogP contribution in [0.15, 0.2) is 24.4 Å². The first kappa shape index (κ1) is 17.7. The Kier molecular flexibility index (Phi) is 4.27. The summed E-state index contributed by atoms with van der Waals surface area (Å²) in [5, 5.41) is 14.3. The summed E-state index contributed by atoms with van der Waals surface area (Å²) in [6, 6.07) is 3.99. The molecule has 1 atom stereocenters. The highest BCUT2D eigenvalue weighted by molar-refractivity contribution is 5.95. The van der Waals surface area contributed by atoms with Gasteiger partial charge in [0.05, 0.1) is 23.8 Å². The first-order valence-electron chi connectivity index (χ1n) is 8.31. The standard InChI is InChI=1S/C18H13F2N5O3/c19-9-3-11(20)17-14(8-28-15(17)4-9)23-16(26)7-25-6-10-12(24-18(25)27)1-2-22-13(10)5-21/h1-4,14H,6-8H2,(H,23,26)(H,24,27)/t14-/m0/s1. The predicted octanol–water partition coefficient (Wildman–Crippen LogP) is 1.83. The van der Waals surface area contributed by atoms with Gasteiger partial charge in [0.1, 0.15) is 42.3 Å². The number of nitriles is 1. The number of nitrogens with zero attached hydrogens (tertiary/aromatic N) is 3. The molecule has 2 aliphatic rings. The summed E-state index contributed by atoms with van der Waals surface area (Å²) in [7, 11) is 0. The van der Waals surface area contributed by atoms with Gasteiger partial charge in [0.15, 0.2) is 0 Å². The molecule has 0 aliphatic carbocycles. The minimum Gasteiger partial charge on any atom is -0.490 e. The number of rotatable bonds is 3. The summed E-state index contributed by atoms with van der Waals surface area (Å²) in [5.41, 5.74) is 1.20. The number of benzene rings is 1. The van der Waals surface area contributed by atoms with E-state index in [4.69, 9.17) is 10.00 Å². The molecule has 2 aliphatic heterocycles. The number of aromatic nitrogens is 1. The van der Waals surface area contributed by atoms with Crippen LogP contribution in [0.1, 0.15) is 22.9 Å². The molecule has 4 rings (SSSR count). The number of anilines is 1. The van der Waals surface area contributed by atoms with E-state index in [0.717, 1.165) is 12.1 Å². The largest absolute Gasteiger partial charge is 0.490 e. The van der Waals surface area contributed by atoms with Crippen LogP contribution in [-0.2, 0) is 11.3 Å². The van der Waals surface area contributed by atoms with Crippen LogP contribution in [0.2, 0.25) is 0 Å². The number of carbonyl (C=O) groups is 2. The molecule has 0 bridgehead atoms. The third-order valence-corrected chi connectivity index (χ3v) is 4.52. The van der Waals surface area contributed by atoms with Crippen molar-refractivity contribution in [3.63, 3.8) is 0 Å². The van der Waals surface area contributed by atoms with Crippen LogP contribution in [0.25, 0.3) is 0 Å². The maximum absolute atomic E-state index is 14.0. The van der Waals surface area contributed by atoms with E-state index in [9.17, 15) is 18.4 Å². The lowest BCUT2D eigenvalue weighted by Crippen LogP contribution is -2.45. The van der Waals surface area contributed by atoms with Gasteiger partial charge in [-0.25, -0.2) is 18.6 Å². The van der Waals surface area contributed by atoms with Crippen LogP contribution in [0.5, 0.6) is 5.75 Å². The molecule has 0 spiro atoms. The Labute approximate surface area is 157 Å². The number of ether oxygens (including phenoxy) is 1. The Hall–Kier alpha value is -3.74. The highest BCUT2D eigenvalue weighted by Crippen LogP contribution is 2.35. The summed E-state index contributed by atoms with van der Waals surface area (Å²) in [6.07, 6.45) is 1.41. The number of amides is 3. The van der Waals surface area contributed by atoms with Gasteiger partial charge in [0, 0.05) is 23.9 Å². The minimum absolute atomic E-state index is 0.0304. The normalized spacial score (nSPS) is 17.1. The predicted molar refractivity (Wildman–Crippen MR) is 91.1 cm³/mol. The number of hydrogen-bond acceptors (Lipinski definition) is 5. The molecule has 0 fully saturated rings. The van der Waals surface area contributed by atoms with E-state index in [1.807, 2.05) is 6.07 Å². The molecule has 3 amide bonds. The van der Waals surface area contributed by atoms with E-state index in [1.54, 1.807) is 6.07 Å². The van der Waals surface area contributed by atoms with Crippen LogP contribution < -0.4 is 15.4 Å². The van der Waals surface area contributed by atoms with Gasteiger partial charge in [-0.3, -0.25) is 4.79 Å². The molecule has 1 aromatic heterocycles. The molecule has 2 aromatic rings. The van der Waals surface area contributed by atoms with Crippen molar-refractivity contribution in [2.24, 2.45) is 0 Å². The van der Waals surface area contributed by atoms with Gasteiger partial charge in [-0.05, 0) is 6.07 Å². The second-order valence-electron chi connectivity index (χ2n) is 6.31. The van der Waals surface area contributed by atoms with Crippen molar-refractivity contribution in [2.45, 2.75) is 12.6 Å². The smallest absolute Gasteiger partial charge is 0.322 e. The molecule has 8 nitrogen and oxygen atoms in total. The lowest BCUT2D eigenvalue weighted by atomic mass is 10.1. The summed E-state index contributed by atoms with van der Waals surface area (Å²) in [5.74, 6) is -2.09. The van der Waals surface area contributed by atoms with E-state index in [1.165, 1.54) is 11.1 Å². The van der Waals surface area contributed by atoms with Crippen molar-refractivity contribution in [2.75, 3.05) is 18.5 Å². The Morgan fingerprint density at radius 3 is 3.07 bits per heavy atom. The number of carbonyl (C=O) groups excluding carboxylic acids is 2. The van der Waals surface area contributed by atoms with E-state index in [0.29, 0.717) is 11.3 Å². The molecule has 3 heterocycles. The third-order valence-electron chi connectivity index (χ3n) is 4.52. The molecule has 0 unspecified atom stereocenters. The van der Waals surface area contributed by atoms with Crippen LogP contribution >= 0.6 is 0 Å². The van der Waals surface area contributed by atoms with Crippen LogP contribution in [0, 0.1) is 23.0 Å². The second-order valence-corrected chi connectivity index (χ2v) is 6.31. The molecule has 0 radical (unpaired) electrons. The van der Waals surface area contributed by atoms with E-state index in [2.05, 4.69) is 15.6 Å². The van der Waals surface area contributed by atoms with Crippen molar-refractivity contribution in [3.8, 4) is 11.8 Å². The van der Waals surface area contributed by atoms with Gasteiger partial charge in [-0.1, -0.05) is 0 Å². The Balaban J connectivity index is 1.47. The molecule has 142 valence electrons. The molecule has 2 N–H and O–H groups in total. The van der Waals surface area contributed by atoms with Gasteiger partial charge >= 0.3 is 6.03 Å². The molecule has 1 aromatic carbocycles. The Morgan fingerprint density at radius 1 is 1.46 bits per heavy atom. The molecule has 0 saturated heterocycles.